The van der Waals surface area contributed by atoms with E-state index >= 15 is 0 Å². The van der Waals surface area contributed by atoms with Crippen molar-refractivity contribution in [1.82, 2.24) is 10.2 Å². The number of rotatable bonds is 19. The van der Waals surface area contributed by atoms with Crippen LogP contribution in [0.15, 0.2) is 66.7 Å². The molecule has 4 rings (SSSR count). The van der Waals surface area contributed by atoms with Gasteiger partial charge in [-0.15, -0.1) is 0 Å². The van der Waals surface area contributed by atoms with Crippen LogP contribution in [0, 0.1) is 0 Å². The van der Waals surface area contributed by atoms with Crippen molar-refractivity contribution in [2.75, 3.05) is 32.8 Å². The Hall–Kier alpha value is -3.55. The second-order valence-corrected chi connectivity index (χ2v) is 11.7. The predicted octanol–water partition coefficient (Wildman–Crippen LogP) is 7.18. The lowest BCUT2D eigenvalue weighted by atomic mass is 10.1. The fraction of sp³-hybridized carbons (Fsp3) is 0.486. The highest BCUT2D eigenvalue weighted by Crippen LogP contribution is 2.28. The van der Waals surface area contributed by atoms with Gasteiger partial charge in [-0.3, -0.25) is 9.69 Å². The molecule has 0 atom stereocenters. The van der Waals surface area contributed by atoms with Crippen LogP contribution in [0.3, 0.4) is 0 Å². The molecule has 3 aromatic carbocycles. The van der Waals surface area contributed by atoms with E-state index in [1.54, 1.807) is 18.2 Å². The summed E-state index contributed by atoms with van der Waals surface area (Å²) in [7, 11) is 0. The first kappa shape index (κ1) is 33.3. The number of phenolic OH excluding ortho intramolecular Hbond substituents is 1. The number of ether oxygens (including phenoxy) is 3. The van der Waals surface area contributed by atoms with Gasteiger partial charge in [0, 0.05) is 26.1 Å². The van der Waals surface area contributed by atoms with E-state index in [0.717, 1.165) is 81.0 Å². The number of phenols is 1. The Kier molecular flexibility index (Phi) is 14.4. The standard InChI is InChI=1S/C37H50N2O5/c1-2-3-4-5-6-7-10-37(41)38-27-33-17-20-35(40)36(26-33)44-29-32-15-18-34(19-16-32)43-28-31-13-11-30(12-14-31)9-8-21-39-22-24-42-25-23-39/h11-20,26,40H,2-10,21-25,27-29H2,1H3,(H,38,41). The average Bonchev–Trinajstić information content (AvgIpc) is 3.06. The molecule has 0 aliphatic carbocycles. The summed E-state index contributed by atoms with van der Waals surface area (Å²) in [5.41, 5.74) is 4.36. The molecule has 0 radical (unpaired) electrons. The zero-order valence-electron chi connectivity index (χ0n) is 26.4. The third kappa shape index (κ3) is 12.2. The maximum atomic E-state index is 12.2. The Morgan fingerprint density at radius 2 is 1.43 bits per heavy atom. The van der Waals surface area contributed by atoms with E-state index in [0.29, 0.717) is 31.9 Å². The number of morpholine rings is 1. The maximum Gasteiger partial charge on any atom is 0.220 e. The van der Waals surface area contributed by atoms with Gasteiger partial charge in [0.1, 0.15) is 19.0 Å². The van der Waals surface area contributed by atoms with Crippen LogP contribution in [0.4, 0.5) is 0 Å². The molecule has 1 fully saturated rings. The molecule has 0 unspecified atom stereocenters. The number of nitrogens with one attached hydrogen (secondary N) is 1. The summed E-state index contributed by atoms with van der Waals surface area (Å²) in [6.45, 7) is 8.37. The van der Waals surface area contributed by atoms with Crippen molar-refractivity contribution in [2.45, 2.75) is 84.5 Å². The first-order valence-electron chi connectivity index (χ1n) is 16.4. The molecule has 1 aliphatic rings. The molecule has 3 aromatic rings. The number of amides is 1. The van der Waals surface area contributed by atoms with E-state index in [2.05, 4.69) is 41.4 Å². The Balaban J connectivity index is 1.14. The third-order valence-corrected chi connectivity index (χ3v) is 8.06. The Bertz CT molecular complexity index is 1240. The van der Waals surface area contributed by atoms with E-state index in [1.807, 2.05) is 24.3 Å². The Labute approximate surface area is 263 Å². The number of hydrogen-bond donors (Lipinski definition) is 2. The fourth-order valence-corrected chi connectivity index (χ4v) is 5.28. The summed E-state index contributed by atoms with van der Waals surface area (Å²) in [6, 6.07) is 21.7. The number of aryl methyl sites for hydroxylation is 1. The lowest BCUT2D eigenvalue weighted by Gasteiger charge is -2.26. The Morgan fingerprint density at radius 1 is 0.795 bits per heavy atom. The van der Waals surface area contributed by atoms with E-state index in [4.69, 9.17) is 14.2 Å². The predicted molar refractivity (Wildman–Crippen MR) is 175 cm³/mol. The molecular weight excluding hydrogens is 552 g/mol. The molecule has 0 saturated carbocycles. The molecular formula is C37H50N2O5. The first-order valence-corrected chi connectivity index (χ1v) is 16.4. The average molecular weight is 603 g/mol. The van der Waals surface area contributed by atoms with Crippen molar-refractivity contribution in [2.24, 2.45) is 0 Å². The van der Waals surface area contributed by atoms with Gasteiger partial charge in [0.2, 0.25) is 5.91 Å². The van der Waals surface area contributed by atoms with Gasteiger partial charge < -0.3 is 24.6 Å². The number of hydrogen-bond acceptors (Lipinski definition) is 6. The number of carbonyl (C=O) groups is 1. The van der Waals surface area contributed by atoms with Crippen LogP contribution in [0.5, 0.6) is 17.2 Å². The SMILES string of the molecule is CCCCCCCCC(=O)NCc1ccc(O)c(OCc2ccc(OCc3ccc(CCCN4CCOCC4)cc3)cc2)c1. The van der Waals surface area contributed by atoms with Crippen LogP contribution >= 0.6 is 0 Å². The number of benzene rings is 3. The van der Waals surface area contributed by atoms with Crippen LogP contribution in [0.1, 0.15) is 80.5 Å². The molecule has 0 bridgehead atoms. The number of aromatic hydroxyl groups is 1. The van der Waals surface area contributed by atoms with Gasteiger partial charge in [0.15, 0.2) is 11.5 Å². The van der Waals surface area contributed by atoms with Crippen LogP contribution in [0.2, 0.25) is 0 Å². The van der Waals surface area contributed by atoms with E-state index < -0.39 is 0 Å². The summed E-state index contributed by atoms with van der Waals surface area (Å²) in [5, 5.41) is 13.3. The molecule has 7 nitrogen and oxygen atoms in total. The zero-order valence-corrected chi connectivity index (χ0v) is 26.4. The number of nitrogens with zero attached hydrogens (tertiary/aromatic N) is 1. The number of carbonyl (C=O) groups excluding carboxylic acids is 1. The summed E-state index contributed by atoms with van der Waals surface area (Å²) in [6.07, 6.45) is 9.76. The topological polar surface area (TPSA) is 80.3 Å². The minimum atomic E-state index is 0.0606. The maximum absolute atomic E-state index is 12.2. The van der Waals surface area contributed by atoms with Crippen molar-refractivity contribution in [3.8, 4) is 17.2 Å². The fourth-order valence-electron chi connectivity index (χ4n) is 5.28. The van der Waals surface area contributed by atoms with Gasteiger partial charge in [-0.1, -0.05) is 81.5 Å². The quantitative estimate of drug-likeness (QED) is 0.142. The van der Waals surface area contributed by atoms with Gasteiger partial charge in [-0.05, 0) is 72.3 Å². The van der Waals surface area contributed by atoms with E-state index in [9.17, 15) is 9.90 Å². The molecule has 44 heavy (non-hydrogen) atoms. The van der Waals surface area contributed by atoms with Crippen molar-refractivity contribution < 1.29 is 24.1 Å². The summed E-state index contributed by atoms with van der Waals surface area (Å²) < 4.78 is 17.3. The minimum Gasteiger partial charge on any atom is -0.504 e. The molecule has 0 aromatic heterocycles. The van der Waals surface area contributed by atoms with Crippen LogP contribution in [-0.2, 0) is 35.7 Å². The summed E-state index contributed by atoms with van der Waals surface area (Å²) >= 11 is 0. The second-order valence-electron chi connectivity index (χ2n) is 11.7. The van der Waals surface area contributed by atoms with Gasteiger partial charge in [0.25, 0.3) is 0 Å². The molecule has 1 amide bonds. The lowest BCUT2D eigenvalue weighted by Crippen LogP contribution is -2.36. The van der Waals surface area contributed by atoms with Crippen LogP contribution in [-0.4, -0.2) is 48.8 Å². The largest absolute Gasteiger partial charge is 0.504 e. The van der Waals surface area contributed by atoms with Crippen molar-refractivity contribution in [3.63, 3.8) is 0 Å². The molecule has 1 saturated heterocycles. The smallest absolute Gasteiger partial charge is 0.220 e. The lowest BCUT2D eigenvalue weighted by molar-refractivity contribution is -0.121. The molecule has 7 heteroatoms. The first-order chi connectivity index (χ1) is 21.6. The summed E-state index contributed by atoms with van der Waals surface area (Å²) in [5.74, 6) is 1.34. The van der Waals surface area contributed by atoms with Gasteiger partial charge in [0.05, 0.1) is 13.2 Å². The van der Waals surface area contributed by atoms with Crippen molar-refractivity contribution >= 4 is 5.91 Å². The van der Waals surface area contributed by atoms with Crippen LogP contribution < -0.4 is 14.8 Å². The molecule has 1 aliphatic heterocycles. The van der Waals surface area contributed by atoms with Crippen LogP contribution in [0.25, 0.3) is 0 Å². The molecule has 1 heterocycles. The normalized spacial score (nSPS) is 13.5. The van der Waals surface area contributed by atoms with Crippen molar-refractivity contribution in [3.05, 3.63) is 89.0 Å². The molecule has 0 spiro atoms. The highest BCUT2D eigenvalue weighted by Gasteiger charge is 2.10. The second kappa shape index (κ2) is 19.0. The zero-order chi connectivity index (χ0) is 30.8. The van der Waals surface area contributed by atoms with Gasteiger partial charge in [-0.2, -0.15) is 0 Å². The highest BCUT2D eigenvalue weighted by atomic mass is 16.5. The minimum absolute atomic E-state index is 0.0606. The molecule has 238 valence electrons. The van der Waals surface area contributed by atoms with E-state index in [1.165, 1.54) is 31.2 Å². The molecule has 2 N–H and O–H groups in total. The van der Waals surface area contributed by atoms with Gasteiger partial charge >= 0.3 is 0 Å². The van der Waals surface area contributed by atoms with Gasteiger partial charge in [-0.25, -0.2) is 0 Å². The Morgan fingerprint density at radius 3 is 2.18 bits per heavy atom. The summed E-state index contributed by atoms with van der Waals surface area (Å²) in [4.78, 5) is 14.7. The highest BCUT2D eigenvalue weighted by molar-refractivity contribution is 5.75. The van der Waals surface area contributed by atoms with E-state index in [-0.39, 0.29) is 11.7 Å². The number of unbranched alkanes of at least 4 members (excludes halogenated alkanes) is 5. The monoisotopic (exact) mass is 602 g/mol. The third-order valence-electron chi connectivity index (χ3n) is 8.06. The van der Waals surface area contributed by atoms with Crippen molar-refractivity contribution in [1.29, 1.82) is 0 Å².